The van der Waals surface area contributed by atoms with E-state index in [9.17, 15) is 5.21 Å². The minimum Gasteiger partial charge on any atom is -0.411 e. The molecule has 2 heterocycles. The molecule has 0 spiro atoms. The number of aromatic nitrogens is 2. The molecule has 0 atom stereocenters. The quantitative estimate of drug-likeness (QED) is 0.320. The molecule has 1 aromatic heterocycles. The monoisotopic (exact) mass is 458 g/mol. The lowest BCUT2D eigenvalue weighted by Gasteiger charge is -2.25. The third kappa shape index (κ3) is 5.78. The summed E-state index contributed by atoms with van der Waals surface area (Å²) in [5.74, 6) is 0.713. The summed E-state index contributed by atoms with van der Waals surface area (Å²) in [6.07, 6.45) is 16.4. The van der Waals surface area contributed by atoms with E-state index in [0.29, 0.717) is 5.82 Å². The molecule has 8 heteroatoms. The van der Waals surface area contributed by atoms with E-state index in [0.717, 1.165) is 73.8 Å². The van der Waals surface area contributed by atoms with Gasteiger partial charge in [0.15, 0.2) is 0 Å². The first-order valence-corrected chi connectivity index (χ1v) is 11.4. The van der Waals surface area contributed by atoms with Crippen molar-refractivity contribution in [2.24, 2.45) is 5.16 Å². The summed E-state index contributed by atoms with van der Waals surface area (Å²) >= 11 is 0. The van der Waals surface area contributed by atoms with E-state index in [1.807, 2.05) is 24.3 Å². The van der Waals surface area contributed by atoms with Crippen LogP contribution in [0.15, 0.2) is 84.5 Å². The van der Waals surface area contributed by atoms with Crippen LogP contribution < -0.4 is 10.8 Å². The zero-order valence-corrected chi connectivity index (χ0v) is 19.2. The van der Waals surface area contributed by atoms with Gasteiger partial charge in [0.25, 0.3) is 0 Å². The maximum Gasteiger partial charge on any atom is 0.149 e. The van der Waals surface area contributed by atoms with Crippen molar-refractivity contribution in [3.05, 3.63) is 95.9 Å². The molecule has 1 aromatic carbocycles. The average Bonchev–Trinajstić information content (AvgIpc) is 3.27. The summed E-state index contributed by atoms with van der Waals surface area (Å²) in [6, 6.07) is 6.00. The molecule has 0 saturated carbocycles. The molecule has 4 rings (SSSR count). The molecule has 1 fully saturated rings. The topological polar surface area (TPSA) is 98.8 Å². The SMILES string of the molecule is C=C/C=C(\C=C/CN1CCOCC1)/C=C(\Nc1ccc2c(c1)CC/C2=N\O)n1ccncc1=N. The summed E-state index contributed by atoms with van der Waals surface area (Å²) in [4.78, 5) is 6.41. The van der Waals surface area contributed by atoms with Crippen molar-refractivity contribution in [2.75, 3.05) is 38.2 Å². The van der Waals surface area contributed by atoms with Gasteiger partial charge in [-0.05, 0) is 42.2 Å². The van der Waals surface area contributed by atoms with Crippen LogP contribution >= 0.6 is 0 Å². The number of aryl methyl sites for hydroxylation is 1. The first kappa shape index (κ1) is 23.4. The van der Waals surface area contributed by atoms with E-state index in [-0.39, 0.29) is 5.49 Å². The van der Waals surface area contributed by atoms with Crippen LogP contribution in [0.5, 0.6) is 0 Å². The maximum atomic E-state index is 9.21. The lowest BCUT2D eigenvalue weighted by Crippen LogP contribution is -2.36. The van der Waals surface area contributed by atoms with Gasteiger partial charge in [-0.3, -0.25) is 19.9 Å². The van der Waals surface area contributed by atoms with Crippen molar-refractivity contribution in [3.8, 4) is 0 Å². The number of hydrogen-bond acceptors (Lipinski definition) is 7. The van der Waals surface area contributed by atoms with Crippen molar-refractivity contribution in [1.29, 1.82) is 5.41 Å². The number of oxime groups is 1. The molecule has 0 unspecified atom stereocenters. The molecule has 1 saturated heterocycles. The average molecular weight is 459 g/mol. The Labute approximate surface area is 199 Å². The van der Waals surface area contributed by atoms with Gasteiger partial charge in [0.05, 0.1) is 25.1 Å². The largest absolute Gasteiger partial charge is 0.411 e. The third-order valence-electron chi connectivity index (χ3n) is 5.85. The minimum atomic E-state index is 0.257. The molecule has 2 aliphatic rings. The summed E-state index contributed by atoms with van der Waals surface area (Å²) in [6.45, 7) is 8.12. The molecule has 0 radical (unpaired) electrons. The first-order valence-electron chi connectivity index (χ1n) is 11.4. The van der Waals surface area contributed by atoms with Gasteiger partial charge in [-0.2, -0.15) is 0 Å². The molecule has 2 aromatic rings. The second-order valence-corrected chi connectivity index (χ2v) is 8.12. The number of hydrogen-bond donors (Lipinski definition) is 3. The van der Waals surface area contributed by atoms with Crippen molar-refractivity contribution >= 4 is 17.2 Å². The number of allylic oxidation sites excluding steroid dienone is 5. The van der Waals surface area contributed by atoms with Crippen molar-refractivity contribution in [3.63, 3.8) is 0 Å². The second kappa shape index (κ2) is 11.4. The van der Waals surface area contributed by atoms with Crippen molar-refractivity contribution < 1.29 is 9.94 Å². The van der Waals surface area contributed by atoms with Gasteiger partial charge in [-0.1, -0.05) is 42.1 Å². The Morgan fingerprint density at radius 1 is 1.29 bits per heavy atom. The van der Waals surface area contributed by atoms with Gasteiger partial charge in [-0.15, -0.1) is 0 Å². The Bertz CT molecular complexity index is 1200. The Hall–Kier alpha value is -3.75. The van der Waals surface area contributed by atoms with Gasteiger partial charge in [0.1, 0.15) is 11.3 Å². The molecule has 0 amide bonds. The van der Waals surface area contributed by atoms with E-state index in [2.05, 4.69) is 45.2 Å². The molecular weight excluding hydrogens is 428 g/mol. The van der Waals surface area contributed by atoms with Gasteiger partial charge in [0.2, 0.25) is 0 Å². The number of rotatable bonds is 8. The fourth-order valence-corrected chi connectivity index (χ4v) is 4.10. The number of fused-ring (bicyclic) bond motifs is 1. The third-order valence-corrected chi connectivity index (χ3v) is 5.85. The van der Waals surface area contributed by atoms with E-state index >= 15 is 0 Å². The highest BCUT2D eigenvalue weighted by molar-refractivity contribution is 6.04. The highest BCUT2D eigenvalue weighted by Crippen LogP contribution is 2.27. The minimum absolute atomic E-state index is 0.257. The number of morpholine rings is 1. The Morgan fingerprint density at radius 2 is 2.15 bits per heavy atom. The van der Waals surface area contributed by atoms with Crippen molar-refractivity contribution in [2.45, 2.75) is 12.8 Å². The number of ether oxygens (including phenoxy) is 1. The summed E-state index contributed by atoms with van der Waals surface area (Å²) in [5.41, 5.74) is 4.93. The van der Waals surface area contributed by atoms with Crippen LogP contribution in [0.3, 0.4) is 0 Å². The lowest BCUT2D eigenvalue weighted by molar-refractivity contribution is 0.0434. The normalized spacial score (nSPS) is 18.4. The van der Waals surface area contributed by atoms with Gasteiger partial charge in [-0.25, -0.2) is 0 Å². The standard InChI is InChI=1S/C26H30N6O2/c1-2-4-20(5-3-11-31-13-15-34-16-14-31)17-26(32-12-10-28-19-25(32)27)29-22-7-8-23-21(18-22)6-9-24(23)30-33/h2-5,7-8,10,12,17-19,27,29,33H,1,6,9,11,13-16H2/b5-3-,20-4+,26-17+,27-25?,30-24+. The van der Waals surface area contributed by atoms with Crippen LogP contribution in [0.25, 0.3) is 5.82 Å². The van der Waals surface area contributed by atoms with Gasteiger partial charge >= 0.3 is 0 Å². The Balaban J connectivity index is 1.62. The molecule has 1 aliphatic heterocycles. The molecule has 3 N–H and O–H groups in total. The highest BCUT2D eigenvalue weighted by Gasteiger charge is 2.18. The molecule has 176 valence electrons. The van der Waals surface area contributed by atoms with Crippen LogP contribution in [0.1, 0.15) is 17.5 Å². The van der Waals surface area contributed by atoms with Crippen LogP contribution in [-0.2, 0) is 11.2 Å². The number of anilines is 1. The fourth-order valence-electron chi connectivity index (χ4n) is 4.10. The van der Waals surface area contributed by atoms with Crippen LogP contribution in [0, 0.1) is 5.41 Å². The van der Waals surface area contributed by atoms with Crippen LogP contribution in [0.4, 0.5) is 5.69 Å². The van der Waals surface area contributed by atoms with E-state index in [1.165, 1.54) is 6.20 Å². The zero-order valence-electron chi connectivity index (χ0n) is 19.2. The number of benzene rings is 1. The highest BCUT2D eigenvalue weighted by atomic mass is 16.5. The smallest absolute Gasteiger partial charge is 0.149 e. The molecule has 0 bridgehead atoms. The van der Waals surface area contributed by atoms with Crippen LogP contribution in [0.2, 0.25) is 0 Å². The van der Waals surface area contributed by atoms with Gasteiger partial charge < -0.3 is 15.3 Å². The summed E-state index contributed by atoms with van der Waals surface area (Å²) in [7, 11) is 0. The molecule has 8 nitrogen and oxygen atoms in total. The first-order chi connectivity index (χ1) is 16.7. The second-order valence-electron chi connectivity index (χ2n) is 8.12. The van der Waals surface area contributed by atoms with Crippen molar-refractivity contribution in [1.82, 2.24) is 14.5 Å². The van der Waals surface area contributed by atoms with E-state index in [4.69, 9.17) is 10.1 Å². The number of nitrogens with zero attached hydrogens (tertiary/aromatic N) is 4. The van der Waals surface area contributed by atoms with E-state index < -0.39 is 0 Å². The number of nitrogens with one attached hydrogen (secondary N) is 2. The Morgan fingerprint density at radius 3 is 2.91 bits per heavy atom. The van der Waals surface area contributed by atoms with Gasteiger partial charge in [0, 0.05) is 43.3 Å². The maximum absolute atomic E-state index is 9.21. The Kier molecular flexibility index (Phi) is 7.85. The summed E-state index contributed by atoms with van der Waals surface area (Å²) in [5, 5.41) is 24.5. The van der Waals surface area contributed by atoms with Crippen LogP contribution in [-0.4, -0.2) is 58.2 Å². The summed E-state index contributed by atoms with van der Waals surface area (Å²) < 4.78 is 7.17. The molecular formula is C26H30N6O2. The predicted octanol–water partition coefficient (Wildman–Crippen LogP) is 3.40. The zero-order chi connectivity index (χ0) is 23.8. The van der Waals surface area contributed by atoms with E-state index in [1.54, 1.807) is 23.0 Å². The molecule has 34 heavy (non-hydrogen) atoms. The lowest BCUT2D eigenvalue weighted by atomic mass is 10.1. The predicted molar refractivity (Wildman–Crippen MR) is 134 cm³/mol. The molecule has 1 aliphatic carbocycles. The fraction of sp³-hybridized carbons (Fsp3) is 0.269.